The van der Waals surface area contributed by atoms with E-state index >= 15 is 0 Å². The molecule has 3 aromatic rings. The number of hydrogen-bond donors (Lipinski definition) is 2. The van der Waals surface area contributed by atoms with E-state index in [4.69, 9.17) is 9.47 Å². The number of benzene rings is 1. The zero-order chi connectivity index (χ0) is 19.1. The third-order valence-electron chi connectivity index (χ3n) is 4.04. The highest BCUT2D eigenvalue weighted by molar-refractivity contribution is 5.93. The van der Waals surface area contributed by atoms with E-state index in [-0.39, 0.29) is 0 Å². The van der Waals surface area contributed by atoms with Crippen LogP contribution in [0.15, 0.2) is 53.8 Å². The van der Waals surface area contributed by atoms with E-state index in [1.54, 1.807) is 14.2 Å². The van der Waals surface area contributed by atoms with Crippen LogP contribution in [-0.4, -0.2) is 42.7 Å². The van der Waals surface area contributed by atoms with Gasteiger partial charge in [0.05, 0.1) is 19.4 Å². The second kappa shape index (κ2) is 8.93. The fraction of sp³-hybridized carbons (Fsp3) is 0.300. The number of ether oxygens (including phenoxy) is 2. The van der Waals surface area contributed by atoms with E-state index in [0.29, 0.717) is 24.1 Å². The number of imidazole rings is 1. The molecule has 0 saturated heterocycles. The largest absolute Gasteiger partial charge is 0.493 e. The number of nitrogens with zero attached hydrogens (tertiary/aromatic N) is 3. The number of aromatic nitrogens is 2. The van der Waals surface area contributed by atoms with E-state index in [9.17, 15) is 0 Å². The van der Waals surface area contributed by atoms with Crippen molar-refractivity contribution in [2.75, 3.05) is 32.6 Å². The van der Waals surface area contributed by atoms with Crippen LogP contribution in [0, 0.1) is 0 Å². The van der Waals surface area contributed by atoms with Crippen molar-refractivity contribution in [3.8, 4) is 11.5 Å². The van der Waals surface area contributed by atoms with Gasteiger partial charge in [0, 0.05) is 44.2 Å². The molecule has 0 spiro atoms. The Bertz CT molecular complexity index is 887. The first-order valence-electron chi connectivity index (χ1n) is 8.94. The van der Waals surface area contributed by atoms with Crippen molar-refractivity contribution in [1.29, 1.82) is 0 Å². The molecule has 0 fully saturated rings. The topological polar surface area (TPSA) is 72.2 Å². The van der Waals surface area contributed by atoms with Crippen LogP contribution in [0.3, 0.4) is 0 Å². The van der Waals surface area contributed by atoms with Gasteiger partial charge in [0.2, 0.25) is 0 Å². The summed E-state index contributed by atoms with van der Waals surface area (Å²) in [6.07, 6.45) is 4.85. The molecule has 7 nitrogen and oxygen atoms in total. The molecule has 0 atom stereocenters. The lowest BCUT2D eigenvalue weighted by Crippen LogP contribution is -2.32. The van der Waals surface area contributed by atoms with Crippen molar-refractivity contribution >= 4 is 17.3 Å². The van der Waals surface area contributed by atoms with Gasteiger partial charge in [-0.3, -0.25) is 4.99 Å². The first-order chi connectivity index (χ1) is 13.2. The molecule has 0 amide bonds. The minimum atomic E-state index is 0.575. The van der Waals surface area contributed by atoms with Crippen molar-refractivity contribution in [2.24, 2.45) is 4.99 Å². The van der Waals surface area contributed by atoms with Gasteiger partial charge in [0.25, 0.3) is 0 Å². The van der Waals surface area contributed by atoms with Crippen LogP contribution in [-0.2, 0) is 6.42 Å². The molecule has 0 radical (unpaired) electrons. The Morgan fingerprint density at radius 2 is 2.11 bits per heavy atom. The van der Waals surface area contributed by atoms with E-state index < -0.39 is 0 Å². The van der Waals surface area contributed by atoms with Gasteiger partial charge < -0.3 is 24.5 Å². The summed E-state index contributed by atoms with van der Waals surface area (Å²) in [5.74, 6) is 2.09. The van der Waals surface area contributed by atoms with Crippen LogP contribution in [0.4, 0.5) is 5.69 Å². The molecule has 0 unspecified atom stereocenters. The van der Waals surface area contributed by atoms with Gasteiger partial charge in [-0.25, -0.2) is 4.98 Å². The molecule has 27 heavy (non-hydrogen) atoms. The SMILES string of the molecule is CCOc1cc(NC(=NC)NCCc2cn3ccccc3n2)ccc1OC. The number of hydrogen-bond acceptors (Lipinski definition) is 4. The molecular formula is C20H25N5O2. The van der Waals surface area contributed by atoms with E-state index in [2.05, 4.69) is 20.6 Å². The summed E-state index contributed by atoms with van der Waals surface area (Å²) in [5, 5.41) is 6.58. The highest BCUT2D eigenvalue weighted by Gasteiger charge is 2.07. The summed E-state index contributed by atoms with van der Waals surface area (Å²) >= 11 is 0. The Balaban J connectivity index is 1.58. The second-order valence-electron chi connectivity index (χ2n) is 5.87. The van der Waals surface area contributed by atoms with Gasteiger partial charge in [-0.2, -0.15) is 0 Å². The smallest absolute Gasteiger partial charge is 0.195 e. The summed E-state index contributed by atoms with van der Waals surface area (Å²) < 4.78 is 13.0. The predicted molar refractivity (Wildman–Crippen MR) is 108 cm³/mol. The summed E-state index contributed by atoms with van der Waals surface area (Å²) in [7, 11) is 3.37. The van der Waals surface area contributed by atoms with Crippen molar-refractivity contribution in [3.05, 3.63) is 54.5 Å². The van der Waals surface area contributed by atoms with Crippen LogP contribution < -0.4 is 20.1 Å². The number of pyridine rings is 1. The zero-order valence-electron chi connectivity index (χ0n) is 15.9. The molecule has 0 saturated carbocycles. The highest BCUT2D eigenvalue weighted by Crippen LogP contribution is 2.30. The fourth-order valence-corrected chi connectivity index (χ4v) is 2.76. The Morgan fingerprint density at radius 1 is 1.22 bits per heavy atom. The molecule has 0 aliphatic heterocycles. The second-order valence-corrected chi connectivity index (χ2v) is 5.87. The molecule has 7 heteroatoms. The average Bonchev–Trinajstić information content (AvgIpc) is 3.10. The number of anilines is 1. The molecule has 3 rings (SSSR count). The van der Waals surface area contributed by atoms with Crippen LogP contribution in [0.5, 0.6) is 11.5 Å². The van der Waals surface area contributed by atoms with Gasteiger partial charge in [0.15, 0.2) is 17.5 Å². The van der Waals surface area contributed by atoms with Crippen molar-refractivity contribution in [3.63, 3.8) is 0 Å². The molecule has 2 aromatic heterocycles. The molecule has 2 N–H and O–H groups in total. The van der Waals surface area contributed by atoms with Crippen molar-refractivity contribution < 1.29 is 9.47 Å². The molecule has 0 bridgehead atoms. The lowest BCUT2D eigenvalue weighted by atomic mass is 10.2. The van der Waals surface area contributed by atoms with Gasteiger partial charge in [-0.05, 0) is 31.2 Å². The first kappa shape index (κ1) is 18.6. The highest BCUT2D eigenvalue weighted by atomic mass is 16.5. The van der Waals surface area contributed by atoms with E-state index in [1.165, 1.54) is 0 Å². The monoisotopic (exact) mass is 367 g/mol. The van der Waals surface area contributed by atoms with Gasteiger partial charge in [-0.1, -0.05) is 6.07 Å². The minimum absolute atomic E-state index is 0.575. The minimum Gasteiger partial charge on any atom is -0.493 e. The maximum Gasteiger partial charge on any atom is 0.195 e. The van der Waals surface area contributed by atoms with Crippen LogP contribution in [0.25, 0.3) is 5.65 Å². The maximum absolute atomic E-state index is 5.62. The number of rotatable bonds is 7. The van der Waals surface area contributed by atoms with Crippen molar-refractivity contribution in [2.45, 2.75) is 13.3 Å². The number of nitrogens with one attached hydrogen (secondary N) is 2. The Morgan fingerprint density at radius 3 is 2.85 bits per heavy atom. The Kier molecular flexibility index (Phi) is 6.14. The summed E-state index contributed by atoms with van der Waals surface area (Å²) in [6, 6.07) is 11.7. The number of methoxy groups -OCH3 is 1. The summed E-state index contributed by atoms with van der Waals surface area (Å²) in [4.78, 5) is 8.88. The summed E-state index contributed by atoms with van der Waals surface area (Å²) in [6.45, 7) is 3.24. The van der Waals surface area contributed by atoms with Gasteiger partial charge >= 0.3 is 0 Å². The number of aliphatic imine (C=N–C) groups is 1. The predicted octanol–water partition coefficient (Wildman–Crippen LogP) is 2.97. The third-order valence-corrected chi connectivity index (χ3v) is 4.04. The third kappa shape index (κ3) is 4.69. The van der Waals surface area contributed by atoms with Crippen LogP contribution in [0.1, 0.15) is 12.6 Å². The molecule has 1 aromatic carbocycles. The number of fused-ring (bicyclic) bond motifs is 1. The zero-order valence-corrected chi connectivity index (χ0v) is 15.9. The Labute approximate surface area is 159 Å². The van der Waals surface area contributed by atoms with Crippen molar-refractivity contribution in [1.82, 2.24) is 14.7 Å². The quantitative estimate of drug-likeness (QED) is 0.496. The van der Waals surface area contributed by atoms with Crippen LogP contribution in [0.2, 0.25) is 0 Å². The van der Waals surface area contributed by atoms with Gasteiger partial charge in [-0.15, -0.1) is 0 Å². The number of guanidine groups is 1. The van der Waals surface area contributed by atoms with E-state index in [0.717, 1.165) is 30.0 Å². The lowest BCUT2D eigenvalue weighted by Gasteiger charge is -2.14. The lowest BCUT2D eigenvalue weighted by molar-refractivity contribution is 0.311. The average molecular weight is 367 g/mol. The standard InChI is InChI=1S/C20H25N5O2/c1-4-27-18-13-15(8-9-17(18)26-3)24-20(21-2)22-11-10-16-14-25-12-6-5-7-19(25)23-16/h5-9,12-14H,4,10-11H2,1-3H3,(H2,21,22,24). The first-order valence-corrected chi connectivity index (χ1v) is 8.94. The van der Waals surface area contributed by atoms with E-state index in [1.807, 2.05) is 60.1 Å². The molecule has 0 aliphatic rings. The molecule has 2 heterocycles. The molecular weight excluding hydrogens is 342 g/mol. The van der Waals surface area contributed by atoms with Gasteiger partial charge in [0.1, 0.15) is 5.65 Å². The summed E-state index contributed by atoms with van der Waals surface area (Å²) in [5.41, 5.74) is 2.86. The molecule has 142 valence electrons. The Hall–Kier alpha value is -3.22. The maximum atomic E-state index is 5.62. The molecule has 0 aliphatic carbocycles. The van der Waals surface area contributed by atoms with Crippen LogP contribution >= 0.6 is 0 Å². The normalized spacial score (nSPS) is 11.4. The fourth-order valence-electron chi connectivity index (χ4n) is 2.76.